The molecule has 0 saturated carbocycles. The number of halogens is 2. The van der Waals surface area contributed by atoms with Gasteiger partial charge in [0.1, 0.15) is 5.82 Å². The normalized spacial score (nSPS) is 10.9. The summed E-state index contributed by atoms with van der Waals surface area (Å²) in [5.74, 6) is 1.05. The standard InChI is InChI=1S/C12H9Cl2N5O/c13-6-1-2-8-9(3-6)15-12(14)17-11(8)16-10-4-7(5-20)18-19-10/h1-4,20H,5H2,(H2,15,16,17,18,19). The first-order valence-corrected chi connectivity index (χ1v) is 6.46. The quantitative estimate of drug-likeness (QED) is 0.648. The molecule has 2 heterocycles. The monoisotopic (exact) mass is 309 g/mol. The van der Waals surface area contributed by atoms with E-state index in [0.29, 0.717) is 27.9 Å². The van der Waals surface area contributed by atoms with Gasteiger partial charge in [-0.1, -0.05) is 11.6 Å². The van der Waals surface area contributed by atoms with Crippen LogP contribution in [0.2, 0.25) is 10.3 Å². The van der Waals surface area contributed by atoms with Crippen LogP contribution in [-0.2, 0) is 6.61 Å². The van der Waals surface area contributed by atoms with Crippen molar-refractivity contribution in [3.63, 3.8) is 0 Å². The van der Waals surface area contributed by atoms with Gasteiger partial charge in [-0.15, -0.1) is 0 Å². The van der Waals surface area contributed by atoms with Crippen molar-refractivity contribution < 1.29 is 5.11 Å². The lowest BCUT2D eigenvalue weighted by Crippen LogP contribution is -1.97. The van der Waals surface area contributed by atoms with E-state index in [1.165, 1.54) is 0 Å². The fourth-order valence-electron chi connectivity index (χ4n) is 1.80. The lowest BCUT2D eigenvalue weighted by molar-refractivity contribution is 0.276. The molecule has 0 amide bonds. The first kappa shape index (κ1) is 13.1. The van der Waals surface area contributed by atoms with Crippen LogP contribution in [0.25, 0.3) is 10.9 Å². The smallest absolute Gasteiger partial charge is 0.224 e. The van der Waals surface area contributed by atoms with E-state index >= 15 is 0 Å². The zero-order valence-electron chi connectivity index (χ0n) is 10.1. The molecule has 0 saturated heterocycles. The molecule has 8 heteroatoms. The van der Waals surface area contributed by atoms with Gasteiger partial charge < -0.3 is 10.4 Å². The van der Waals surface area contributed by atoms with Gasteiger partial charge in [-0.2, -0.15) is 10.1 Å². The molecule has 20 heavy (non-hydrogen) atoms. The number of fused-ring (bicyclic) bond motifs is 1. The second-order valence-electron chi connectivity index (χ2n) is 4.06. The zero-order chi connectivity index (χ0) is 14.1. The Labute approximate surface area is 123 Å². The maximum Gasteiger partial charge on any atom is 0.224 e. The van der Waals surface area contributed by atoms with Gasteiger partial charge in [-0.05, 0) is 29.8 Å². The number of aliphatic hydroxyl groups is 1. The second-order valence-corrected chi connectivity index (χ2v) is 4.84. The molecule has 0 spiro atoms. The number of hydrogen-bond donors (Lipinski definition) is 3. The molecular formula is C12H9Cl2N5O. The molecule has 3 rings (SSSR count). The first-order chi connectivity index (χ1) is 9.65. The van der Waals surface area contributed by atoms with Crippen molar-refractivity contribution in [2.75, 3.05) is 5.32 Å². The molecule has 0 unspecified atom stereocenters. The molecule has 3 aromatic rings. The Hall–Kier alpha value is -1.89. The number of anilines is 2. The van der Waals surface area contributed by atoms with Crippen LogP contribution in [0.15, 0.2) is 24.3 Å². The highest BCUT2D eigenvalue weighted by atomic mass is 35.5. The van der Waals surface area contributed by atoms with Crippen molar-refractivity contribution in [3.8, 4) is 0 Å². The molecule has 0 bridgehead atoms. The number of aromatic nitrogens is 4. The average molecular weight is 310 g/mol. The van der Waals surface area contributed by atoms with E-state index in [-0.39, 0.29) is 11.9 Å². The molecule has 3 N–H and O–H groups in total. The van der Waals surface area contributed by atoms with Gasteiger partial charge in [0, 0.05) is 16.5 Å². The SMILES string of the molecule is OCc1cc(Nc2nc(Cl)nc3cc(Cl)ccc23)n[nH]1. The molecule has 0 aliphatic carbocycles. The van der Waals surface area contributed by atoms with Gasteiger partial charge in [0.25, 0.3) is 0 Å². The third-order valence-electron chi connectivity index (χ3n) is 2.68. The first-order valence-electron chi connectivity index (χ1n) is 5.70. The summed E-state index contributed by atoms with van der Waals surface area (Å²) in [6.45, 7) is -0.116. The third-order valence-corrected chi connectivity index (χ3v) is 3.08. The molecule has 6 nitrogen and oxygen atoms in total. The maximum absolute atomic E-state index is 9.00. The summed E-state index contributed by atoms with van der Waals surface area (Å²) < 4.78 is 0. The number of aliphatic hydroxyl groups excluding tert-OH is 1. The van der Waals surface area contributed by atoms with Gasteiger partial charge in [0.2, 0.25) is 5.28 Å². The van der Waals surface area contributed by atoms with Crippen LogP contribution in [0.4, 0.5) is 11.6 Å². The van der Waals surface area contributed by atoms with Gasteiger partial charge in [-0.3, -0.25) is 5.10 Å². The number of nitrogens with zero attached hydrogens (tertiary/aromatic N) is 3. The summed E-state index contributed by atoms with van der Waals surface area (Å²) in [5.41, 5.74) is 1.23. The van der Waals surface area contributed by atoms with Crippen molar-refractivity contribution in [3.05, 3.63) is 40.3 Å². The summed E-state index contributed by atoms with van der Waals surface area (Å²) in [5, 5.41) is 20.2. The lowest BCUT2D eigenvalue weighted by Gasteiger charge is -2.06. The van der Waals surface area contributed by atoms with Crippen molar-refractivity contribution >= 4 is 45.7 Å². The Morgan fingerprint density at radius 3 is 2.80 bits per heavy atom. The summed E-state index contributed by atoms with van der Waals surface area (Å²) in [6, 6.07) is 6.93. The highest BCUT2D eigenvalue weighted by Crippen LogP contribution is 2.26. The summed E-state index contributed by atoms with van der Waals surface area (Å²) in [7, 11) is 0. The highest BCUT2D eigenvalue weighted by molar-refractivity contribution is 6.31. The van der Waals surface area contributed by atoms with Crippen LogP contribution in [0, 0.1) is 0 Å². The largest absolute Gasteiger partial charge is 0.390 e. The topological polar surface area (TPSA) is 86.7 Å². The fraction of sp³-hybridized carbons (Fsp3) is 0.0833. The average Bonchev–Trinajstić information content (AvgIpc) is 2.85. The Balaban J connectivity index is 2.06. The Kier molecular flexibility index (Phi) is 3.43. The molecular weight excluding hydrogens is 301 g/mol. The Bertz CT molecular complexity index is 768. The zero-order valence-corrected chi connectivity index (χ0v) is 11.6. The van der Waals surface area contributed by atoms with E-state index in [4.69, 9.17) is 28.3 Å². The Morgan fingerprint density at radius 1 is 1.20 bits per heavy atom. The highest BCUT2D eigenvalue weighted by Gasteiger charge is 2.09. The predicted octanol–water partition coefficient (Wildman–Crippen LogP) is 2.90. The van der Waals surface area contributed by atoms with E-state index in [0.717, 1.165) is 5.39 Å². The lowest BCUT2D eigenvalue weighted by atomic mass is 10.2. The minimum atomic E-state index is -0.116. The number of nitrogens with one attached hydrogen (secondary N) is 2. The van der Waals surface area contributed by atoms with Crippen LogP contribution >= 0.6 is 23.2 Å². The van der Waals surface area contributed by atoms with Crippen molar-refractivity contribution in [2.24, 2.45) is 0 Å². The van der Waals surface area contributed by atoms with Crippen molar-refractivity contribution in [1.82, 2.24) is 20.2 Å². The van der Waals surface area contributed by atoms with E-state index in [1.54, 1.807) is 24.3 Å². The van der Waals surface area contributed by atoms with Crippen LogP contribution in [0.5, 0.6) is 0 Å². The van der Waals surface area contributed by atoms with Crippen LogP contribution < -0.4 is 5.32 Å². The van der Waals surface area contributed by atoms with Gasteiger partial charge in [0.15, 0.2) is 5.82 Å². The predicted molar refractivity (Wildman–Crippen MR) is 77.4 cm³/mol. The van der Waals surface area contributed by atoms with Crippen LogP contribution in [0.1, 0.15) is 5.69 Å². The minimum Gasteiger partial charge on any atom is -0.390 e. The fourth-order valence-corrected chi connectivity index (χ4v) is 2.14. The molecule has 0 fully saturated rings. The van der Waals surface area contributed by atoms with Crippen molar-refractivity contribution in [1.29, 1.82) is 0 Å². The van der Waals surface area contributed by atoms with E-state index in [2.05, 4.69) is 25.5 Å². The molecule has 0 aliphatic heterocycles. The number of H-pyrrole nitrogens is 1. The van der Waals surface area contributed by atoms with Crippen molar-refractivity contribution in [2.45, 2.75) is 6.61 Å². The Morgan fingerprint density at radius 2 is 2.05 bits per heavy atom. The number of aromatic amines is 1. The van der Waals surface area contributed by atoms with Gasteiger partial charge in [0.05, 0.1) is 17.8 Å². The number of benzene rings is 1. The molecule has 102 valence electrons. The van der Waals surface area contributed by atoms with Gasteiger partial charge >= 0.3 is 0 Å². The van der Waals surface area contributed by atoms with Crippen LogP contribution in [0.3, 0.4) is 0 Å². The molecule has 2 aromatic heterocycles. The number of hydrogen-bond acceptors (Lipinski definition) is 5. The van der Waals surface area contributed by atoms with Crippen LogP contribution in [-0.4, -0.2) is 25.3 Å². The van der Waals surface area contributed by atoms with E-state index in [9.17, 15) is 0 Å². The molecule has 0 radical (unpaired) electrons. The maximum atomic E-state index is 9.00. The summed E-state index contributed by atoms with van der Waals surface area (Å²) >= 11 is 11.8. The molecule has 0 aliphatic rings. The summed E-state index contributed by atoms with van der Waals surface area (Å²) in [6.07, 6.45) is 0. The minimum absolute atomic E-state index is 0.111. The molecule has 0 atom stereocenters. The second kappa shape index (κ2) is 5.24. The summed E-state index contributed by atoms with van der Waals surface area (Å²) in [4.78, 5) is 8.27. The van der Waals surface area contributed by atoms with E-state index < -0.39 is 0 Å². The molecule has 1 aromatic carbocycles. The third kappa shape index (κ3) is 2.53. The van der Waals surface area contributed by atoms with E-state index in [1.807, 2.05) is 0 Å². The number of rotatable bonds is 3. The van der Waals surface area contributed by atoms with Gasteiger partial charge in [-0.25, -0.2) is 4.98 Å².